The van der Waals surface area contributed by atoms with Crippen molar-refractivity contribution in [1.82, 2.24) is 15.2 Å². The second kappa shape index (κ2) is 9.34. The number of nitrogens with zero attached hydrogens (tertiary/aromatic N) is 3. The van der Waals surface area contributed by atoms with E-state index in [1.165, 1.54) is 18.2 Å². The maximum Gasteiger partial charge on any atom is 0.337 e. The Morgan fingerprint density at radius 2 is 1.87 bits per heavy atom. The van der Waals surface area contributed by atoms with Gasteiger partial charge in [0.05, 0.1) is 16.3 Å². The summed E-state index contributed by atoms with van der Waals surface area (Å²) in [4.78, 5) is 11.0. The van der Waals surface area contributed by atoms with Gasteiger partial charge in [0.1, 0.15) is 5.69 Å². The summed E-state index contributed by atoms with van der Waals surface area (Å²) in [6, 6.07) is 11.4. The predicted molar refractivity (Wildman–Crippen MR) is 125 cm³/mol. The molecule has 31 heavy (non-hydrogen) atoms. The molecule has 0 aliphatic carbocycles. The summed E-state index contributed by atoms with van der Waals surface area (Å²) in [5.74, 6) is -1.14. The molecule has 0 radical (unpaired) electrons. The number of aromatic nitrogens is 2. The van der Waals surface area contributed by atoms with Crippen molar-refractivity contribution in [1.29, 1.82) is 0 Å². The minimum absolute atomic E-state index is 0.0120. The zero-order valence-electron chi connectivity index (χ0n) is 16.3. The molecule has 0 saturated heterocycles. The number of nitrogens with one attached hydrogen (secondary N) is 2. The summed E-state index contributed by atoms with van der Waals surface area (Å²) < 4.78 is 1.55. The number of thiocarbonyl (C=S) groups is 1. The Hall–Kier alpha value is -3.14. The summed E-state index contributed by atoms with van der Waals surface area (Å²) in [5.41, 5.74) is 5.10. The van der Waals surface area contributed by atoms with Crippen molar-refractivity contribution in [3.05, 3.63) is 63.8 Å². The van der Waals surface area contributed by atoms with Crippen molar-refractivity contribution in [3.63, 3.8) is 0 Å². The number of hydrogen-bond donors (Lipinski definition) is 4. The number of anilines is 1. The lowest BCUT2D eigenvalue weighted by molar-refractivity contribution is 0.0697. The molecule has 160 valence electrons. The van der Waals surface area contributed by atoms with Crippen LogP contribution in [0.5, 0.6) is 5.75 Å². The maximum absolute atomic E-state index is 11.0. The molecule has 0 aliphatic rings. The van der Waals surface area contributed by atoms with Crippen LogP contribution in [0, 0.1) is 0 Å². The van der Waals surface area contributed by atoms with Gasteiger partial charge in [0.15, 0.2) is 16.6 Å². The summed E-state index contributed by atoms with van der Waals surface area (Å²) in [6.45, 7) is 1.67. The van der Waals surface area contributed by atoms with E-state index >= 15 is 0 Å². The van der Waals surface area contributed by atoms with Crippen LogP contribution in [0.1, 0.15) is 23.0 Å². The highest BCUT2D eigenvalue weighted by atomic mass is 35.5. The van der Waals surface area contributed by atoms with Gasteiger partial charge in [0.25, 0.3) is 0 Å². The monoisotopic (exact) mass is 477 g/mol. The highest BCUT2D eigenvalue weighted by Crippen LogP contribution is 2.32. The van der Waals surface area contributed by atoms with Crippen molar-refractivity contribution >= 4 is 57.9 Å². The molecule has 3 rings (SSSR count). The number of carboxylic acid groups (broad SMARTS) is 1. The van der Waals surface area contributed by atoms with E-state index < -0.39 is 5.97 Å². The molecule has 0 atom stereocenters. The minimum Gasteiger partial charge on any atom is -0.504 e. The number of hydrazone groups is 1. The average Bonchev–Trinajstić information content (AvgIpc) is 3.01. The molecule has 1 heterocycles. The van der Waals surface area contributed by atoms with Gasteiger partial charge in [-0.1, -0.05) is 35.3 Å². The van der Waals surface area contributed by atoms with Crippen LogP contribution in [0.25, 0.3) is 11.3 Å². The van der Waals surface area contributed by atoms with E-state index in [0.29, 0.717) is 22.1 Å². The molecular weight excluding hydrogens is 461 g/mol. The summed E-state index contributed by atoms with van der Waals surface area (Å²) >= 11 is 17.1. The highest BCUT2D eigenvalue weighted by molar-refractivity contribution is 7.80. The number of aryl methyl sites for hydroxylation is 1. The topological polar surface area (TPSA) is 112 Å². The van der Waals surface area contributed by atoms with Crippen molar-refractivity contribution < 1.29 is 15.0 Å². The Bertz CT molecular complexity index is 1190. The molecule has 1 aromatic heterocycles. The Morgan fingerprint density at radius 3 is 2.48 bits per heavy atom. The van der Waals surface area contributed by atoms with Crippen LogP contribution in [-0.4, -0.2) is 36.8 Å². The third-order valence-corrected chi connectivity index (χ3v) is 5.02. The van der Waals surface area contributed by atoms with E-state index in [9.17, 15) is 9.90 Å². The molecule has 11 heteroatoms. The first-order valence-electron chi connectivity index (χ1n) is 8.83. The average molecular weight is 478 g/mol. The molecule has 0 aliphatic heterocycles. The fourth-order valence-electron chi connectivity index (χ4n) is 2.80. The van der Waals surface area contributed by atoms with Crippen LogP contribution < -0.4 is 10.7 Å². The van der Waals surface area contributed by atoms with Crippen LogP contribution in [0.4, 0.5) is 5.69 Å². The SMILES string of the molecule is C/C(=N/NC(=S)Nc1ccc(C(=O)O)c(Cl)c1)c1nn(C)c(-c2ccc(Cl)cc2)c1O. The molecule has 3 aromatic rings. The van der Waals surface area contributed by atoms with Gasteiger partial charge >= 0.3 is 5.97 Å². The maximum atomic E-state index is 11.0. The number of hydrogen-bond acceptors (Lipinski definition) is 5. The number of carboxylic acids is 1. The lowest BCUT2D eigenvalue weighted by Crippen LogP contribution is -2.25. The van der Waals surface area contributed by atoms with Gasteiger partial charge in [-0.15, -0.1) is 0 Å². The Balaban J connectivity index is 1.74. The number of aromatic hydroxyl groups is 1. The van der Waals surface area contributed by atoms with Crippen molar-refractivity contribution in [3.8, 4) is 17.0 Å². The molecule has 4 N–H and O–H groups in total. The second-order valence-corrected chi connectivity index (χ2v) is 7.69. The van der Waals surface area contributed by atoms with E-state index in [1.54, 1.807) is 42.9 Å². The van der Waals surface area contributed by atoms with E-state index in [2.05, 4.69) is 20.9 Å². The van der Waals surface area contributed by atoms with Crippen LogP contribution in [0.3, 0.4) is 0 Å². The van der Waals surface area contributed by atoms with Gasteiger partial charge in [0.2, 0.25) is 0 Å². The number of halogens is 2. The third kappa shape index (κ3) is 5.13. The first-order valence-corrected chi connectivity index (χ1v) is 10.00. The number of aromatic carboxylic acids is 1. The zero-order valence-corrected chi connectivity index (χ0v) is 18.7. The molecule has 0 saturated carbocycles. The molecule has 0 unspecified atom stereocenters. The second-order valence-electron chi connectivity index (χ2n) is 6.44. The quantitative estimate of drug-likeness (QED) is 0.243. The lowest BCUT2D eigenvalue weighted by Gasteiger charge is -2.09. The highest BCUT2D eigenvalue weighted by Gasteiger charge is 2.19. The van der Waals surface area contributed by atoms with Crippen LogP contribution in [0.15, 0.2) is 47.6 Å². The van der Waals surface area contributed by atoms with Gasteiger partial charge in [-0.3, -0.25) is 10.1 Å². The van der Waals surface area contributed by atoms with Gasteiger partial charge in [-0.25, -0.2) is 4.79 Å². The molecule has 8 nitrogen and oxygen atoms in total. The number of rotatable bonds is 5. The van der Waals surface area contributed by atoms with Gasteiger partial charge in [-0.05, 0) is 49.5 Å². The van der Waals surface area contributed by atoms with Gasteiger partial charge in [-0.2, -0.15) is 10.2 Å². The fraction of sp³-hybridized carbons (Fsp3) is 0.100. The number of carbonyl (C=O) groups is 1. The van der Waals surface area contributed by atoms with Crippen molar-refractivity contribution in [2.75, 3.05) is 5.32 Å². The molecule has 0 spiro atoms. The molecule has 2 aromatic carbocycles. The van der Waals surface area contributed by atoms with Gasteiger partial charge < -0.3 is 15.5 Å². The van der Waals surface area contributed by atoms with Crippen LogP contribution >= 0.6 is 35.4 Å². The Labute approximate surface area is 193 Å². The van der Waals surface area contributed by atoms with E-state index in [1.807, 2.05) is 0 Å². The first-order chi connectivity index (χ1) is 14.7. The first kappa shape index (κ1) is 22.5. The van der Waals surface area contributed by atoms with Gasteiger partial charge in [0, 0.05) is 23.3 Å². The summed E-state index contributed by atoms with van der Waals surface area (Å²) in [6.07, 6.45) is 0. The summed E-state index contributed by atoms with van der Waals surface area (Å²) in [5, 5.41) is 31.9. The Kier molecular flexibility index (Phi) is 6.79. The molecule has 0 amide bonds. The zero-order chi connectivity index (χ0) is 22.7. The smallest absolute Gasteiger partial charge is 0.337 e. The molecule has 0 fully saturated rings. The summed E-state index contributed by atoms with van der Waals surface area (Å²) in [7, 11) is 1.71. The lowest BCUT2D eigenvalue weighted by atomic mass is 10.1. The predicted octanol–water partition coefficient (Wildman–Crippen LogP) is 4.51. The van der Waals surface area contributed by atoms with Crippen LogP contribution in [-0.2, 0) is 7.05 Å². The van der Waals surface area contributed by atoms with E-state index in [-0.39, 0.29) is 27.1 Å². The normalized spacial score (nSPS) is 11.3. The Morgan fingerprint density at radius 1 is 1.19 bits per heavy atom. The fourth-order valence-corrected chi connectivity index (χ4v) is 3.35. The largest absolute Gasteiger partial charge is 0.504 e. The van der Waals surface area contributed by atoms with Crippen molar-refractivity contribution in [2.24, 2.45) is 12.1 Å². The van der Waals surface area contributed by atoms with Crippen LogP contribution in [0.2, 0.25) is 10.0 Å². The van der Waals surface area contributed by atoms with E-state index in [4.69, 9.17) is 40.5 Å². The molecule has 0 bridgehead atoms. The third-order valence-electron chi connectivity index (χ3n) is 4.27. The molecular formula is C20H17Cl2N5O3S. The van der Waals surface area contributed by atoms with E-state index in [0.717, 1.165) is 5.56 Å². The minimum atomic E-state index is -1.12. The standard InChI is InChI=1S/C20H17Cl2N5O3S/c1-10(16-18(28)17(27(2)26-16)11-3-5-12(21)6-4-11)24-25-20(31)23-13-7-8-14(19(29)30)15(22)9-13/h3-9,28H,1-2H3,(H,29,30)(H2,23,25,31)/b24-10-. The number of benzene rings is 2. The van der Waals surface area contributed by atoms with Crippen molar-refractivity contribution in [2.45, 2.75) is 6.92 Å².